The van der Waals surface area contributed by atoms with Crippen molar-refractivity contribution in [2.45, 2.75) is 4.90 Å². The quantitative estimate of drug-likeness (QED) is 0.849. The third-order valence-electron chi connectivity index (χ3n) is 2.18. The molecule has 1 rings (SSSR count). The van der Waals surface area contributed by atoms with Gasteiger partial charge in [-0.3, -0.25) is 0 Å². The second-order valence-corrected chi connectivity index (χ2v) is 6.34. The Morgan fingerprint density at radius 3 is 2.37 bits per heavy atom. The molecule has 0 aliphatic heterocycles. The average Bonchev–Trinajstić information content (AvgIpc) is 2.35. The van der Waals surface area contributed by atoms with E-state index >= 15 is 0 Å². The van der Waals surface area contributed by atoms with Crippen LogP contribution >= 0.6 is 15.9 Å². The van der Waals surface area contributed by atoms with E-state index in [0.29, 0.717) is 4.48 Å². The summed E-state index contributed by atoms with van der Waals surface area (Å²) in [6.45, 7) is 3.44. The summed E-state index contributed by atoms with van der Waals surface area (Å²) in [4.78, 5) is -0.515. The van der Waals surface area contributed by atoms with Gasteiger partial charge in [-0.05, 0) is 0 Å². The average molecular weight is 354 g/mol. The third-order valence-corrected chi connectivity index (χ3v) is 3.88. The first-order valence-electron chi connectivity index (χ1n) is 5.06. The number of hydrogen-bond acceptors (Lipinski definition) is 4. The predicted octanol–water partition coefficient (Wildman–Crippen LogP) is 2.03. The minimum atomic E-state index is -3.99. The van der Waals surface area contributed by atoms with Gasteiger partial charge in [0, 0.05) is 23.2 Å². The summed E-state index contributed by atoms with van der Waals surface area (Å²) in [6, 6.07) is 2.02. The van der Waals surface area contributed by atoms with Gasteiger partial charge in [-0.1, -0.05) is 22.5 Å². The summed E-state index contributed by atoms with van der Waals surface area (Å²) in [6.07, 6.45) is 0. The molecule has 5 nitrogen and oxygen atoms in total. The Morgan fingerprint density at radius 2 is 1.89 bits per heavy atom. The fourth-order valence-electron chi connectivity index (χ4n) is 1.29. The Bertz CT molecular complexity index is 589. The van der Waals surface area contributed by atoms with Crippen LogP contribution in [0.15, 0.2) is 28.1 Å². The number of ether oxygens (including phenoxy) is 2. The van der Waals surface area contributed by atoms with E-state index in [0.717, 1.165) is 12.1 Å². The molecular weight excluding hydrogens is 341 g/mol. The molecule has 0 fully saturated rings. The molecule has 0 saturated heterocycles. The van der Waals surface area contributed by atoms with Gasteiger partial charge < -0.3 is 9.47 Å². The van der Waals surface area contributed by atoms with Crippen molar-refractivity contribution >= 4 is 26.0 Å². The van der Waals surface area contributed by atoms with E-state index in [1.807, 2.05) is 0 Å². The fraction of sp³-hybridized carbons (Fsp3) is 0.273. The van der Waals surface area contributed by atoms with Crippen molar-refractivity contribution in [3.8, 4) is 11.5 Å². The van der Waals surface area contributed by atoms with Gasteiger partial charge in [-0.2, -0.15) is 0 Å². The zero-order valence-electron chi connectivity index (χ0n) is 10.4. The molecule has 0 aliphatic rings. The molecule has 8 heteroatoms. The molecule has 0 atom stereocenters. The largest absolute Gasteiger partial charge is 0.493 e. The lowest BCUT2D eigenvalue weighted by Gasteiger charge is -2.11. The Labute approximate surface area is 119 Å². The number of sulfonamides is 1. The smallest absolute Gasteiger partial charge is 0.243 e. The van der Waals surface area contributed by atoms with Crippen LogP contribution in [0.25, 0.3) is 0 Å². The molecular formula is C11H13BrFNO4S. The van der Waals surface area contributed by atoms with Crippen LogP contribution in [-0.2, 0) is 10.0 Å². The first-order valence-corrected chi connectivity index (χ1v) is 7.34. The first-order chi connectivity index (χ1) is 8.81. The molecule has 19 heavy (non-hydrogen) atoms. The molecule has 1 aromatic rings. The maximum atomic E-state index is 13.8. The highest BCUT2D eigenvalue weighted by atomic mass is 79.9. The van der Waals surface area contributed by atoms with Gasteiger partial charge in [-0.25, -0.2) is 17.5 Å². The summed E-state index contributed by atoms with van der Waals surface area (Å²) in [5.41, 5.74) is 0. The Balaban J connectivity index is 3.23. The zero-order valence-corrected chi connectivity index (χ0v) is 12.8. The van der Waals surface area contributed by atoms with E-state index in [1.54, 1.807) is 0 Å². The van der Waals surface area contributed by atoms with Crippen LogP contribution in [-0.4, -0.2) is 29.2 Å². The van der Waals surface area contributed by atoms with Crippen LogP contribution < -0.4 is 14.2 Å². The monoisotopic (exact) mass is 353 g/mol. The summed E-state index contributed by atoms with van der Waals surface area (Å²) in [5.74, 6) is -0.684. The van der Waals surface area contributed by atoms with Crippen molar-refractivity contribution in [2.75, 3.05) is 20.8 Å². The molecule has 0 heterocycles. The van der Waals surface area contributed by atoms with Crippen LogP contribution in [0.1, 0.15) is 0 Å². The third kappa shape index (κ3) is 3.92. The van der Waals surface area contributed by atoms with E-state index < -0.39 is 20.7 Å². The highest BCUT2D eigenvalue weighted by Crippen LogP contribution is 2.31. The van der Waals surface area contributed by atoms with Crippen molar-refractivity contribution in [1.82, 2.24) is 4.72 Å². The van der Waals surface area contributed by atoms with Gasteiger partial charge >= 0.3 is 0 Å². The Morgan fingerprint density at radius 1 is 1.37 bits per heavy atom. The Hall–Kier alpha value is -1.12. The molecule has 0 unspecified atom stereocenters. The molecule has 0 aromatic heterocycles. The van der Waals surface area contributed by atoms with Gasteiger partial charge in [0.15, 0.2) is 11.5 Å². The molecule has 0 radical (unpaired) electrons. The normalized spacial score (nSPS) is 11.2. The Kier molecular flexibility index (Phi) is 5.33. The van der Waals surface area contributed by atoms with Gasteiger partial charge in [0.25, 0.3) is 0 Å². The number of halogens is 2. The minimum Gasteiger partial charge on any atom is -0.493 e. The van der Waals surface area contributed by atoms with Crippen molar-refractivity contribution in [3.63, 3.8) is 0 Å². The van der Waals surface area contributed by atoms with Gasteiger partial charge in [0.05, 0.1) is 14.2 Å². The van der Waals surface area contributed by atoms with Crippen LogP contribution in [0, 0.1) is 5.82 Å². The van der Waals surface area contributed by atoms with E-state index in [9.17, 15) is 12.8 Å². The van der Waals surface area contributed by atoms with Crippen LogP contribution in [0.4, 0.5) is 4.39 Å². The molecule has 0 amide bonds. The molecule has 1 N–H and O–H groups in total. The second kappa shape index (κ2) is 6.36. The highest BCUT2D eigenvalue weighted by Gasteiger charge is 2.22. The number of hydrogen-bond donors (Lipinski definition) is 1. The standard InChI is InChI=1S/C11H13BrFNO4S/c1-7(12)6-14-19(15,16)11-5-10(18-3)9(17-2)4-8(11)13/h4-5,14H,1,6H2,2-3H3. The SMILES string of the molecule is C=C(Br)CNS(=O)(=O)c1cc(OC)c(OC)cc1F. The zero-order chi connectivity index (χ0) is 14.6. The van der Waals surface area contributed by atoms with Crippen molar-refractivity contribution in [3.05, 3.63) is 29.0 Å². The van der Waals surface area contributed by atoms with Crippen molar-refractivity contribution in [2.24, 2.45) is 0 Å². The van der Waals surface area contributed by atoms with Crippen LogP contribution in [0.3, 0.4) is 0 Å². The number of methoxy groups -OCH3 is 2. The van der Waals surface area contributed by atoms with Gasteiger partial charge in [0.2, 0.25) is 10.0 Å². The van der Waals surface area contributed by atoms with E-state index in [-0.39, 0.29) is 18.0 Å². The summed E-state index contributed by atoms with van der Waals surface area (Å²) in [7, 11) is -1.33. The summed E-state index contributed by atoms with van der Waals surface area (Å²) < 4.78 is 50.1. The van der Waals surface area contributed by atoms with Gasteiger partial charge in [-0.15, -0.1) is 0 Å². The fourth-order valence-corrected chi connectivity index (χ4v) is 2.72. The van der Waals surface area contributed by atoms with Crippen molar-refractivity contribution in [1.29, 1.82) is 0 Å². The maximum Gasteiger partial charge on any atom is 0.243 e. The predicted molar refractivity (Wildman–Crippen MR) is 72.8 cm³/mol. The topological polar surface area (TPSA) is 64.6 Å². The van der Waals surface area contributed by atoms with E-state index in [2.05, 4.69) is 27.2 Å². The lowest BCUT2D eigenvalue weighted by molar-refractivity contribution is 0.350. The summed E-state index contributed by atoms with van der Waals surface area (Å²) >= 11 is 3.01. The molecule has 0 bridgehead atoms. The highest BCUT2D eigenvalue weighted by molar-refractivity contribution is 9.11. The molecule has 1 aromatic carbocycles. The number of benzene rings is 1. The second-order valence-electron chi connectivity index (χ2n) is 3.48. The minimum absolute atomic E-state index is 0.0455. The van der Waals surface area contributed by atoms with Crippen LogP contribution in [0.2, 0.25) is 0 Å². The van der Waals surface area contributed by atoms with Gasteiger partial charge in [0.1, 0.15) is 10.7 Å². The molecule has 106 valence electrons. The molecule has 0 saturated carbocycles. The summed E-state index contributed by atoms with van der Waals surface area (Å²) in [5, 5.41) is 0. The van der Waals surface area contributed by atoms with Crippen molar-refractivity contribution < 1.29 is 22.3 Å². The lowest BCUT2D eigenvalue weighted by atomic mass is 10.3. The lowest BCUT2D eigenvalue weighted by Crippen LogP contribution is -2.25. The number of nitrogens with one attached hydrogen (secondary N) is 1. The molecule has 0 spiro atoms. The molecule has 0 aliphatic carbocycles. The van der Waals surface area contributed by atoms with E-state index in [4.69, 9.17) is 9.47 Å². The first kappa shape index (κ1) is 15.9. The number of rotatable bonds is 6. The van der Waals surface area contributed by atoms with E-state index in [1.165, 1.54) is 14.2 Å². The maximum absolute atomic E-state index is 13.8. The van der Waals surface area contributed by atoms with Crippen LogP contribution in [0.5, 0.6) is 11.5 Å².